The predicted molar refractivity (Wildman–Crippen MR) is 94.9 cm³/mol. The lowest BCUT2D eigenvalue weighted by Gasteiger charge is -2.33. The van der Waals surface area contributed by atoms with E-state index in [2.05, 4.69) is 17.6 Å². The van der Waals surface area contributed by atoms with Gasteiger partial charge in [-0.2, -0.15) is 0 Å². The maximum atomic E-state index is 12.9. The monoisotopic (exact) mass is 353 g/mol. The van der Waals surface area contributed by atoms with E-state index in [4.69, 9.17) is 0 Å². The van der Waals surface area contributed by atoms with Gasteiger partial charge in [0.05, 0.1) is 6.54 Å². The Bertz CT molecular complexity index is 533. The van der Waals surface area contributed by atoms with Crippen LogP contribution in [0.4, 0.5) is 4.79 Å². The van der Waals surface area contributed by atoms with E-state index in [1.54, 1.807) is 0 Å². The Balaban J connectivity index is 1.99. The van der Waals surface area contributed by atoms with Gasteiger partial charge in [0.2, 0.25) is 0 Å². The van der Waals surface area contributed by atoms with E-state index in [1.807, 2.05) is 27.7 Å². The summed E-state index contributed by atoms with van der Waals surface area (Å²) in [6, 6.07) is -0.318. The predicted octanol–water partition coefficient (Wildman–Crippen LogP) is 0.264. The Morgan fingerprint density at radius 3 is 2.44 bits per heavy atom. The van der Waals surface area contributed by atoms with Crippen LogP contribution in [0.2, 0.25) is 0 Å². The third-order valence-electron chi connectivity index (χ3n) is 5.18. The molecule has 0 bridgehead atoms. The fourth-order valence-corrected chi connectivity index (χ4v) is 3.62. The number of likely N-dealkylation sites (N-methyl/N-ethyl adjacent to an activating group) is 1. The van der Waals surface area contributed by atoms with Crippen molar-refractivity contribution in [3.8, 4) is 0 Å². The van der Waals surface area contributed by atoms with Crippen LogP contribution in [0.3, 0.4) is 0 Å². The molecule has 2 fully saturated rings. The molecule has 0 aromatic heterocycles. The van der Waals surface area contributed by atoms with Crippen molar-refractivity contribution in [1.82, 2.24) is 15.5 Å². The summed E-state index contributed by atoms with van der Waals surface area (Å²) in [5.74, 6) is 0.410. The van der Waals surface area contributed by atoms with Gasteiger partial charge in [-0.3, -0.25) is 9.59 Å². The average Bonchev–Trinajstić information content (AvgIpc) is 2.72. The molecule has 1 spiro atoms. The van der Waals surface area contributed by atoms with E-state index >= 15 is 0 Å². The van der Waals surface area contributed by atoms with Crippen molar-refractivity contribution in [2.45, 2.75) is 71.4 Å². The van der Waals surface area contributed by atoms with E-state index < -0.39 is 5.54 Å². The molecule has 3 N–H and O–H groups in total. The second-order valence-corrected chi connectivity index (χ2v) is 8.66. The minimum Gasteiger partial charge on any atom is -0.347 e. The highest BCUT2D eigenvalue weighted by Crippen LogP contribution is 2.35. The van der Waals surface area contributed by atoms with Crippen LogP contribution in [0.1, 0.15) is 60.3 Å². The Kier molecular flexibility index (Phi) is 5.76. The van der Waals surface area contributed by atoms with Crippen LogP contribution < -0.4 is 15.5 Å². The number of amides is 4. The van der Waals surface area contributed by atoms with Crippen LogP contribution in [-0.4, -0.2) is 53.6 Å². The molecule has 4 amide bonds. The molecule has 142 valence electrons. The first-order chi connectivity index (χ1) is 11.6. The molecule has 1 heterocycles. The molecule has 2 aliphatic rings. The van der Waals surface area contributed by atoms with E-state index in [-0.39, 0.29) is 36.6 Å². The van der Waals surface area contributed by atoms with Gasteiger partial charge in [-0.1, -0.05) is 6.92 Å². The molecule has 7 nitrogen and oxygen atoms in total. The average molecular weight is 353 g/mol. The van der Waals surface area contributed by atoms with E-state index in [0.717, 1.165) is 17.7 Å². The van der Waals surface area contributed by atoms with Crippen LogP contribution in [-0.2, 0) is 9.59 Å². The highest BCUT2D eigenvalue weighted by Gasteiger charge is 2.53. The Hall–Kier alpha value is -1.63. The number of hydrogen-bond acceptors (Lipinski definition) is 3. The molecule has 2 rings (SSSR count). The van der Waals surface area contributed by atoms with E-state index in [1.165, 1.54) is 4.90 Å². The van der Waals surface area contributed by atoms with Crippen LogP contribution in [0.25, 0.3) is 0 Å². The number of carbonyl (C=O) groups is 3. The number of nitrogens with zero attached hydrogens (tertiary/aromatic N) is 1. The molecule has 1 saturated carbocycles. The third-order valence-corrected chi connectivity index (χ3v) is 5.18. The van der Waals surface area contributed by atoms with Crippen LogP contribution >= 0.6 is 0 Å². The number of nitrogens with one attached hydrogen (secondary N) is 3. The van der Waals surface area contributed by atoms with Crippen molar-refractivity contribution in [3.63, 3.8) is 0 Å². The second-order valence-electron chi connectivity index (χ2n) is 8.66. The standard InChI is InChI=1S/C18H32N4O3/c1-6-21(11-14(23)19-17(3,4)5)12-22-15(24)18(20-16(22)25)9-7-13(2)8-10-18/h13H,6-12H2,1-5H3,(H,19,23)(H,20,25)/p+1. The van der Waals surface area contributed by atoms with Crippen molar-refractivity contribution in [1.29, 1.82) is 0 Å². The molecule has 0 aromatic rings. The zero-order valence-electron chi connectivity index (χ0n) is 16.2. The van der Waals surface area contributed by atoms with Crippen LogP contribution in [0, 0.1) is 5.92 Å². The largest absolute Gasteiger partial charge is 0.347 e. The third kappa shape index (κ3) is 4.71. The van der Waals surface area contributed by atoms with Crippen molar-refractivity contribution < 1.29 is 19.3 Å². The number of quaternary nitrogens is 1. The van der Waals surface area contributed by atoms with Gasteiger partial charge < -0.3 is 15.5 Å². The molecule has 0 radical (unpaired) electrons. The topological polar surface area (TPSA) is 82.9 Å². The molecule has 1 aliphatic carbocycles. The molecule has 0 aromatic carbocycles. The fraction of sp³-hybridized carbons (Fsp3) is 0.833. The van der Waals surface area contributed by atoms with Crippen LogP contribution in [0.5, 0.6) is 0 Å². The molecular formula is C18H33N4O3+. The molecule has 1 aliphatic heterocycles. The summed E-state index contributed by atoms with van der Waals surface area (Å²) >= 11 is 0. The lowest BCUT2D eigenvalue weighted by Crippen LogP contribution is -3.14. The first kappa shape index (κ1) is 19.7. The van der Waals surface area contributed by atoms with Gasteiger partial charge in [0.15, 0.2) is 13.2 Å². The van der Waals surface area contributed by atoms with Gasteiger partial charge in [-0.15, -0.1) is 0 Å². The molecule has 1 saturated heterocycles. The zero-order chi connectivity index (χ0) is 18.8. The van der Waals surface area contributed by atoms with E-state index in [9.17, 15) is 14.4 Å². The maximum absolute atomic E-state index is 12.9. The van der Waals surface area contributed by atoms with Crippen molar-refractivity contribution in [2.24, 2.45) is 5.92 Å². The zero-order valence-corrected chi connectivity index (χ0v) is 16.2. The lowest BCUT2D eigenvalue weighted by atomic mass is 9.77. The molecule has 7 heteroatoms. The fourth-order valence-electron chi connectivity index (χ4n) is 3.62. The SMILES string of the molecule is CC[NH+](CC(=O)NC(C)(C)C)CN1C(=O)NC2(CCC(C)CC2)C1=O. The first-order valence-corrected chi connectivity index (χ1v) is 9.35. The van der Waals surface area contributed by atoms with E-state index in [0.29, 0.717) is 25.3 Å². The highest BCUT2D eigenvalue weighted by molar-refractivity contribution is 6.06. The number of urea groups is 1. The van der Waals surface area contributed by atoms with Gasteiger partial charge in [-0.05, 0) is 59.3 Å². The van der Waals surface area contributed by atoms with Crippen molar-refractivity contribution in [2.75, 3.05) is 19.8 Å². The smallest absolute Gasteiger partial charge is 0.329 e. The lowest BCUT2D eigenvalue weighted by molar-refractivity contribution is -0.897. The number of hydrogen-bond donors (Lipinski definition) is 3. The van der Waals surface area contributed by atoms with Crippen LogP contribution in [0.15, 0.2) is 0 Å². The molecular weight excluding hydrogens is 320 g/mol. The molecule has 25 heavy (non-hydrogen) atoms. The summed E-state index contributed by atoms with van der Waals surface area (Å²) < 4.78 is 0. The summed E-state index contributed by atoms with van der Waals surface area (Å²) in [5.41, 5.74) is -1.00. The van der Waals surface area contributed by atoms with Gasteiger partial charge in [0.25, 0.3) is 11.8 Å². The van der Waals surface area contributed by atoms with Gasteiger partial charge in [-0.25, -0.2) is 9.69 Å². The normalized spacial score (nSPS) is 28.2. The van der Waals surface area contributed by atoms with Gasteiger partial charge >= 0.3 is 6.03 Å². The van der Waals surface area contributed by atoms with Crippen molar-refractivity contribution >= 4 is 17.8 Å². The van der Waals surface area contributed by atoms with Gasteiger partial charge in [0, 0.05) is 5.54 Å². The van der Waals surface area contributed by atoms with Crippen molar-refractivity contribution in [3.05, 3.63) is 0 Å². The number of rotatable bonds is 5. The Morgan fingerprint density at radius 2 is 1.92 bits per heavy atom. The second kappa shape index (κ2) is 7.32. The number of carbonyl (C=O) groups excluding carboxylic acids is 3. The minimum absolute atomic E-state index is 0.0717. The quantitative estimate of drug-likeness (QED) is 0.620. The Labute approximate surface area is 150 Å². The number of imide groups is 1. The summed E-state index contributed by atoms with van der Waals surface area (Å²) in [7, 11) is 0. The first-order valence-electron chi connectivity index (χ1n) is 9.35. The molecule has 1 unspecified atom stereocenters. The van der Waals surface area contributed by atoms with Gasteiger partial charge in [0.1, 0.15) is 5.54 Å². The summed E-state index contributed by atoms with van der Waals surface area (Å²) in [6.45, 7) is 11.1. The highest BCUT2D eigenvalue weighted by atomic mass is 16.2. The minimum atomic E-state index is -0.712. The summed E-state index contributed by atoms with van der Waals surface area (Å²) in [6.07, 6.45) is 3.33. The summed E-state index contributed by atoms with van der Waals surface area (Å²) in [5, 5.41) is 5.86. The Morgan fingerprint density at radius 1 is 1.32 bits per heavy atom. The maximum Gasteiger partial charge on any atom is 0.329 e. The molecule has 1 atom stereocenters. The summed E-state index contributed by atoms with van der Waals surface area (Å²) in [4.78, 5) is 39.6.